The number of rotatable bonds is 9. The summed E-state index contributed by atoms with van der Waals surface area (Å²) in [7, 11) is 0. The number of fused-ring (bicyclic) bond motifs is 16. The SMILES string of the molecule is Cc1cc(-c2ccc3sc4ccccc4c3c2)c(-c2cc3c4c(c2)N(c2ccccc2-c2ccccc2)c2cc(-n5c6ccc(C(C)(C)C)cc6c6cc(C(C)(C)C)ccc65)ccc2B4c2ccc(-n4c5ccccc5c5cc(C#N)ccc54)cc2N3c2ccc(-c3ccccc3)cc2)c(-n2c3ccccc3c3ccccc32)c1. The Morgan fingerprint density at radius 3 is 1.39 bits per heavy atom. The summed E-state index contributed by atoms with van der Waals surface area (Å²) in [5.74, 6) is 0. The summed E-state index contributed by atoms with van der Waals surface area (Å²) in [5, 5.41) is 20.0. The molecule has 6 heterocycles. The molecule has 2 aliphatic rings. The Morgan fingerprint density at radius 2 is 0.772 bits per heavy atom. The summed E-state index contributed by atoms with van der Waals surface area (Å²) in [6.07, 6.45) is 0. The molecule has 16 aromatic carbocycles. The van der Waals surface area contributed by atoms with Crippen LogP contribution < -0.4 is 26.2 Å². The Morgan fingerprint density at radius 1 is 0.298 bits per heavy atom. The fraction of sp³-hybridized carbons (Fsp3) is 0.0849. The van der Waals surface area contributed by atoms with Gasteiger partial charge < -0.3 is 23.5 Å². The van der Waals surface area contributed by atoms with Crippen molar-refractivity contribution in [3.63, 3.8) is 0 Å². The summed E-state index contributed by atoms with van der Waals surface area (Å²) in [4.78, 5) is 5.26. The van der Waals surface area contributed by atoms with E-state index >= 15 is 0 Å². The molecule has 8 heteroatoms. The number of aryl methyl sites for hydroxylation is 1. The van der Waals surface area contributed by atoms with Crippen LogP contribution >= 0.6 is 11.3 Å². The number of anilines is 6. The van der Waals surface area contributed by atoms with Gasteiger partial charge in [0.1, 0.15) is 0 Å². The van der Waals surface area contributed by atoms with Crippen LogP contribution in [0.2, 0.25) is 0 Å². The maximum absolute atomic E-state index is 10.4. The molecular formula is C106H77BN6S. The van der Waals surface area contributed by atoms with Gasteiger partial charge in [0.05, 0.1) is 56.1 Å². The summed E-state index contributed by atoms with van der Waals surface area (Å²) in [5.41, 5.74) is 33.1. The fourth-order valence-corrected chi connectivity index (χ4v) is 20.1. The van der Waals surface area contributed by atoms with E-state index in [-0.39, 0.29) is 17.5 Å². The third-order valence-electron chi connectivity index (χ3n) is 24.4. The third kappa shape index (κ3) is 10.4. The minimum Gasteiger partial charge on any atom is -0.311 e. The number of hydrogen-bond acceptors (Lipinski definition) is 4. The normalized spacial score (nSPS) is 12.8. The summed E-state index contributed by atoms with van der Waals surface area (Å²) in [6.45, 7) is 15.9. The molecule has 4 aromatic heterocycles. The van der Waals surface area contributed by atoms with Gasteiger partial charge >= 0.3 is 0 Å². The van der Waals surface area contributed by atoms with Gasteiger partial charge in [-0.25, -0.2) is 0 Å². The molecule has 540 valence electrons. The fourth-order valence-electron chi connectivity index (χ4n) is 19.0. The van der Waals surface area contributed by atoms with E-state index in [0.717, 1.165) is 145 Å². The summed E-state index contributed by atoms with van der Waals surface area (Å²) < 4.78 is 10.0. The van der Waals surface area contributed by atoms with Crippen LogP contribution in [0, 0.1) is 18.3 Å². The van der Waals surface area contributed by atoms with Crippen LogP contribution in [0.4, 0.5) is 34.1 Å². The molecule has 0 atom stereocenters. The number of benzene rings is 16. The van der Waals surface area contributed by atoms with E-state index in [1.54, 1.807) is 0 Å². The molecule has 0 bridgehead atoms. The van der Waals surface area contributed by atoms with Crippen molar-refractivity contribution in [3.8, 4) is 67.6 Å². The van der Waals surface area contributed by atoms with Gasteiger partial charge in [0.25, 0.3) is 6.71 Å². The standard InChI is InChI=1S/C106H77BN6S/c1-65-54-82(70-41-53-102-86(57-70)81-32-18-23-37-101(81)114-102)103(98(55-65)112-91-35-21-15-29-78(91)79-30-16-22-36-92(79)112)71-58-99-104-100(59-71)113(89-33-19-14-28-77(89)69-26-12-9-13-27-69)97-63-76(111-94-51-42-72(105(2,3)4)60-84(94)85-61-73(106(5,6)7)43-52-95(85)111)47-49-88(97)107(104)87-48-46-75(110-90-34-20-17-31-80(90)83-56-66(64-108)38-50-93(83)110)62-96(87)109(99)74-44-39-68(40-45-74)67-24-10-8-11-25-67/h8-63H,1-7H3. The van der Waals surface area contributed by atoms with Gasteiger partial charge in [-0.2, -0.15) is 5.26 Å². The van der Waals surface area contributed by atoms with Crippen LogP contribution in [-0.2, 0) is 10.8 Å². The highest BCUT2D eigenvalue weighted by Crippen LogP contribution is 2.53. The average Bonchev–Trinajstić information content (AvgIpc) is 0.737. The smallest absolute Gasteiger partial charge is 0.252 e. The number of nitriles is 1. The lowest BCUT2D eigenvalue weighted by molar-refractivity contribution is 0.590. The minimum atomic E-state index is -0.293. The zero-order valence-corrected chi connectivity index (χ0v) is 65.3. The second-order valence-electron chi connectivity index (χ2n) is 33.2. The van der Waals surface area contributed by atoms with E-state index in [1.807, 2.05) is 17.4 Å². The molecule has 0 fully saturated rings. The lowest BCUT2D eigenvalue weighted by Gasteiger charge is -2.45. The molecule has 20 aromatic rings. The molecular weight excluding hydrogens is 1400 g/mol. The molecule has 0 N–H and O–H groups in total. The Balaban J connectivity index is 0.904. The number of para-hydroxylation sites is 4. The van der Waals surface area contributed by atoms with Crippen LogP contribution in [0.15, 0.2) is 340 Å². The van der Waals surface area contributed by atoms with E-state index in [4.69, 9.17) is 0 Å². The molecule has 0 saturated heterocycles. The van der Waals surface area contributed by atoms with E-state index in [1.165, 1.54) is 69.2 Å². The average molecular weight is 1480 g/mol. The second-order valence-corrected chi connectivity index (χ2v) is 34.3. The molecule has 0 spiro atoms. The van der Waals surface area contributed by atoms with Crippen molar-refractivity contribution < 1.29 is 0 Å². The van der Waals surface area contributed by atoms with Gasteiger partial charge in [0, 0.05) is 103 Å². The first-order valence-corrected chi connectivity index (χ1v) is 40.4. The monoisotopic (exact) mass is 1480 g/mol. The molecule has 6 nitrogen and oxygen atoms in total. The molecule has 0 amide bonds. The highest BCUT2D eigenvalue weighted by molar-refractivity contribution is 7.25. The Labute approximate surface area is 667 Å². The maximum Gasteiger partial charge on any atom is 0.252 e. The molecule has 0 radical (unpaired) electrons. The predicted molar refractivity (Wildman–Crippen MR) is 485 cm³/mol. The number of thiophene rings is 1. The van der Waals surface area contributed by atoms with E-state index in [2.05, 4.69) is 412 Å². The first kappa shape index (κ1) is 67.2. The van der Waals surface area contributed by atoms with E-state index < -0.39 is 0 Å². The topological polar surface area (TPSA) is 45.1 Å². The van der Waals surface area contributed by atoms with Crippen LogP contribution in [0.5, 0.6) is 0 Å². The van der Waals surface area contributed by atoms with Gasteiger partial charge in [0.2, 0.25) is 0 Å². The second kappa shape index (κ2) is 25.4. The molecule has 0 unspecified atom stereocenters. The van der Waals surface area contributed by atoms with Gasteiger partial charge in [-0.1, -0.05) is 242 Å². The van der Waals surface area contributed by atoms with Crippen molar-refractivity contribution in [1.82, 2.24) is 13.7 Å². The van der Waals surface area contributed by atoms with Gasteiger partial charge in [-0.3, -0.25) is 0 Å². The van der Waals surface area contributed by atoms with Crippen molar-refractivity contribution >= 4 is 154 Å². The Bertz CT molecular complexity index is 7350. The lowest BCUT2D eigenvalue weighted by atomic mass is 9.33. The van der Waals surface area contributed by atoms with Crippen molar-refractivity contribution in [2.45, 2.75) is 59.3 Å². The predicted octanol–water partition coefficient (Wildman–Crippen LogP) is 26.9. The van der Waals surface area contributed by atoms with Crippen LogP contribution in [0.25, 0.3) is 147 Å². The van der Waals surface area contributed by atoms with Crippen molar-refractivity contribution in [1.29, 1.82) is 5.26 Å². The zero-order valence-electron chi connectivity index (χ0n) is 64.5. The van der Waals surface area contributed by atoms with Gasteiger partial charge in [-0.15, -0.1) is 11.3 Å². The first-order valence-electron chi connectivity index (χ1n) is 39.6. The maximum atomic E-state index is 10.4. The molecule has 2 aliphatic heterocycles. The van der Waals surface area contributed by atoms with Crippen molar-refractivity contribution in [2.75, 3.05) is 9.80 Å². The number of aromatic nitrogens is 3. The quantitative estimate of drug-likeness (QED) is 0.135. The van der Waals surface area contributed by atoms with Crippen LogP contribution in [-0.4, -0.2) is 20.4 Å². The Kier molecular flexibility index (Phi) is 15.0. The molecule has 22 rings (SSSR count). The molecule has 0 aliphatic carbocycles. The van der Waals surface area contributed by atoms with Gasteiger partial charge in [-0.05, 0) is 224 Å². The Hall–Kier alpha value is -13.7. The highest BCUT2D eigenvalue weighted by Gasteiger charge is 2.45. The largest absolute Gasteiger partial charge is 0.311 e. The first-order chi connectivity index (χ1) is 55.7. The minimum absolute atomic E-state index is 0.0757. The molecule has 114 heavy (non-hydrogen) atoms. The van der Waals surface area contributed by atoms with Crippen molar-refractivity contribution in [2.24, 2.45) is 0 Å². The molecule has 0 saturated carbocycles. The van der Waals surface area contributed by atoms with E-state index in [9.17, 15) is 5.26 Å². The summed E-state index contributed by atoms with van der Waals surface area (Å²) >= 11 is 1.86. The highest BCUT2D eigenvalue weighted by atomic mass is 32.1. The number of hydrogen-bond donors (Lipinski definition) is 0. The lowest BCUT2D eigenvalue weighted by Crippen LogP contribution is -2.61. The third-order valence-corrected chi connectivity index (χ3v) is 25.5. The zero-order chi connectivity index (χ0) is 76.6. The van der Waals surface area contributed by atoms with Gasteiger partial charge in [0.15, 0.2) is 0 Å². The summed E-state index contributed by atoms with van der Waals surface area (Å²) in [6, 6.07) is 131. The number of nitrogens with zero attached hydrogens (tertiary/aromatic N) is 6. The van der Waals surface area contributed by atoms with Crippen LogP contribution in [0.1, 0.15) is 63.8 Å². The van der Waals surface area contributed by atoms with Crippen LogP contribution in [0.3, 0.4) is 0 Å². The van der Waals surface area contributed by atoms with E-state index in [0.29, 0.717) is 5.56 Å². The van der Waals surface area contributed by atoms with Crippen molar-refractivity contribution in [3.05, 3.63) is 362 Å².